The number of anilines is 1. The molecule has 0 spiro atoms. The van der Waals surface area contributed by atoms with Crippen molar-refractivity contribution in [3.05, 3.63) is 46.1 Å². The molecule has 2 aromatic rings. The van der Waals surface area contributed by atoms with Crippen LogP contribution in [0.4, 0.5) is 5.82 Å². The normalized spacial score (nSPS) is 21.6. The predicted octanol–water partition coefficient (Wildman–Crippen LogP) is 3.50. The zero-order valence-electron chi connectivity index (χ0n) is 12.7. The van der Waals surface area contributed by atoms with Crippen LogP contribution < -0.4 is 5.32 Å². The van der Waals surface area contributed by atoms with Crippen molar-refractivity contribution in [1.29, 1.82) is 0 Å². The van der Waals surface area contributed by atoms with E-state index in [2.05, 4.69) is 47.6 Å². The molecule has 1 aromatic heterocycles. The van der Waals surface area contributed by atoms with E-state index in [-0.39, 0.29) is 16.4 Å². The topological polar surface area (TPSA) is 57.8 Å². The van der Waals surface area contributed by atoms with Gasteiger partial charge in [-0.3, -0.25) is 9.89 Å². The van der Waals surface area contributed by atoms with Gasteiger partial charge in [-0.25, -0.2) is 0 Å². The molecule has 1 aliphatic rings. The van der Waals surface area contributed by atoms with E-state index < -0.39 is 0 Å². The number of H-pyrrole nitrogens is 1. The molecule has 2 heterocycles. The standard InChI is InChI=1S/C16H19N3OS/c1-8-5-6-12(9(2)7-8)14-13-10(3)18-19-15(13)17-16(20)11(4)21-14/h5-7,11,14H,1-4H3,(H2,17,18,19,20)/t11-,14-/m1/s1. The van der Waals surface area contributed by atoms with Crippen LogP contribution in [0.1, 0.15) is 40.1 Å². The van der Waals surface area contributed by atoms with Crippen molar-refractivity contribution in [2.24, 2.45) is 0 Å². The lowest BCUT2D eigenvalue weighted by Gasteiger charge is -2.20. The van der Waals surface area contributed by atoms with Crippen LogP contribution >= 0.6 is 11.8 Å². The van der Waals surface area contributed by atoms with E-state index in [4.69, 9.17) is 0 Å². The third kappa shape index (κ3) is 2.46. The first-order valence-corrected chi connectivity index (χ1v) is 8.00. The largest absolute Gasteiger partial charge is 0.308 e. The number of aryl methyl sites for hydroxylation is 3. The molecule has 0 radical (unpaired) electrons. The Kier molecular flexibility index (Phi) is 3.53. The molecule has 4 nitrogen and oxygen atoms in total. The molecule has 2 atom stereocenters. The fraction of sp³-hybridized carbons (Fsp3) is 0.375. The van der Waals surface area contributed by atoms with Gasteiger partial charge in [0.25, 0.3) is 0 Å². The van der Waals surface area contributed by atoms with Crippen LogP contribution in [0.3, 0.4) is 0 Å². The highest BCUT2D eigenvalue weighted by atomic mass is 32.2. The van der Waals surface area contributed by atoms with E-state index in [1.807, 2.05) is 13.8 Å². The van der Waals surface area contributed by atoms with E-state index in [1.165, 1.54) is 16.7 Å². The van der Waals surface area contributed by atoms with Crippen LogP contribution in [0, 0.1) is 20.8 Å². The molecule has 0 fully saturated rings. The van der Waals surface area contributed by atoms with E-state index >= 15 is 0 Å². The van der Waals surface area contributed by atoms with Crippen molar-refractivity contribution >= 4 is 23.5 Å². The zero-order chi connectivity index (χ0) is 15.1. The first-order chi connectivity index (χ1) is 9.97. The van der Waals surface area contributed by atoms with E-state index in [1.54, 1.807) is 11.8 Å². The van der Waals surface area contributed by atoms with Crippen LogP contribution in [0.15, 0.2) is 18.2 Å². The van der Waals surface area contributed by atoms with Gasteiger partial charge in [-0.05, 0) is 38.8 Å². The highest BCUT2D eigenvalue weighted by molar-refractivity contribution is 8.01. The molecule has 0 saturated heterocycles. The fourth-order valence-electron chi connectivity index (χ4n) is 2.75. The van der Waals surface area contributed by atoms with E-state index in [0.717, 1.165) is 11.3 Å². The minimum absolute atomic E-state index is 0.0139. The lowest BCUT2D eigenvalue weighted by molar-refractivity contribution is -0.115. The number of nitrogens with zero attached hydrogens (tertiary/aromatic N) is 1. The molecule has 21 heavy (non-hydrogen) atoms. The van der Waals surface area contributed by atoms with Gasteiger partial charge < -0.3 is 5.32 Å². The Morgan fingerprint density at radius 2 is 2.00 bits per heavy atom. The van der Waals surface area contributed by atoms with Gasteiger partial charge in [0, 0.05) is 11.3 Å². The molecule has 0 aliphatic carbocycles. The number of aromatic nitrogens is 2. The summed E-state index contributed by atoms with van der Waals surface area (Å²) >= 11 is 1.68. The van der Waals surface area contributed by atoms with Crippen LogP contribution in [0.2, 0.25) is 0 Å². The van der Waals surface area contributed by atoms with Crippen molar-refractivity contribution in [2.45, 2.75) is 38.2 Å². The summed E-state index contributed by atoms with van der Waals surface area (Å²) in [5, 5.41) is 10.2. The second-order valence-electron chi connectivity index (χ2n) is 5.62. The average molecular weight is 301 g/mol. The van der Waals surface area contributed by atoms with Gasteiger partial charge in [0.2, 0.25) is 5.91 Å². The number of hydrogen-bond donors (Lipinski definition) is 2. The summed E-state index contributed by atoms with van der Waals surface area (Å²) < 4.78 is 0. The monoisotopic (exact) mass is 301 g/mol. The van der Waals surface area contributed by atoms with Crippen LogP contribution in [0.25, 0.3) is 0 Å². The van der Waals surface area contributed by atoms with Gasteiger partial charge in [0.1, 0.15) is 0 Å². The maximum Gasteiger partial charge on any atom is 0.238 e. The van der Waals surface area contributed by atoms with Crippen molar-refractivity contribution in [3.8, 4) is 0 Å². The summed E-state index contributed by atoms with van der Waals surface area (Å²) in [6.07, 6.45) is 0. The molecular formula is C16H19N3OS. The van der Waals surface area contributed by atoms with Crippen molar-refractivity contribution < 1.29 is 4.79 Å². The first kappa shape index (κ1) is 14.2. The summed E-state index contributed by atoms with van der Waals surface area (Å²) in [6.45, 7) is 8.18. The molecule has 1 amide bonds. The van der Waals surface area contributed by atoms with Gasteiger partial charge in [0.15, 0.2) is 5.82 Å². The number of carbonyl (C=O) groups is 1. The highest BCUT2D eigenvalue weighted by Crippen LogP contribution is 2.45. The van der Waals surface area contributed by atoms with E-state index in [0.29, 0.717) is 5.82 Å². The molecule has 0 saturated carbocycles. The van der Waals surface area contributed by atoms with Gasteiger partial charge in [-0.2, -0.15) is 5.10 Å². The highest BCUT2D eigenvalue weighted by Gasteiger charge is 2.32. The third-order valence-corrected chi connectivity index (χ3v) is 5.30. The number of thioether (sulfide) groups is 1. The minimum Gasteiger partial charge on any atom is -0.308 e. The number of hydrogen-bond acceptors (Lipinski definition) is 3. The van der Waals surface area contributed by atoms with Crippen molar-refractivity contribution in [2.75, 3.05) is 5.32 Å². The summed E-state index contributed by atoms with van der Waals surface area (Å²) in [5.41, 5.74) is 5.85. The molecule has 1 aromatic carbocycles. The number of benzene rings is 1. The number of nitrogens with one attached hydrogen (secondary N) is 2. The number of rotatable bonds is 1. The second kappa shape index (κ2) is 5.22. The number of fused-ring (bicyclic) bond motifs is 1. The summed E-state index contributed by atoms with van der Waals surface area (Å²) in [7, 11) is 0. The van der Waals surface area contributed by atoms with Crippen molar-refractivity contribution in [1.82, 2.24) is 10.2 Å². The maximum absolute atomic E-state index is 12.1. The van der Waals surface area contributed by atoms with Crippen LogP contribution in [0.5, 0.6) is 0 Å². The maximum atomic E-state index is 12.1. The number of aromatic amines is 1. The average Bonchev–Trinajstić information content (AvgIpc) is 2.71. The van der Waals surface area contributed by atoms with Gasteiger partial charge in [-0.15, -0.1) is 11.8 Å². The number of carbonyl (C=O) groups excluding carboxylic acids is 1. The SMILES string of the molecule is Cc1ccc([C@H]2S[C@H](C)C(=O)Nc3n[nH]c(C)c32)c(C)c1. The Balaban J connectivity index is 2.15. The van der Waals surface area contributed by atoms with Crippen molar-refractivity contribution in [3.63, 3.8) is 0 Å². The molecule has 2 N–H and O–H groups in total. The Bertz CT molecular complexity index is 708. The number of amides is 1. The molecule has 0 unspecified atom stereocenters. The van der Waals surface area contributed by atoms with E-state index in [9.17, 15) is 4.79 Å². The molecule has 110 valence electrons. The van der Waals surface area contributed by atoms with Crippen LogP contribution in [-0.2, 0) is 4.79 Å². The molecule has 0 bridgehead atoms. The predicted molar refractivity (Wildman–Crippen MR) is 86.8 cm³/mol. The summed E-state index contributed by atoms with van der Waals surface area (Å²) in [4.78, 5) is 12.1. The smallest absolute Gasteiger partial charge is 0.238 e. The summed E-state index contributed by atoms with van der Waals surface area (Å²) in [6, 6.07) is 6.49. The molecule has 1 aliphatic heterocycles. The van der Waals surface area contributed by atoms with Gasteiger partial charge in [0.05, 0.1) is 10.5 Å². The van der Waals surface area contributed by atoms with Crippen LogP contribution in [-0.4, -0.2) is 21.4 Å². The third-order valence-electron chi connectivity index (χ3n) is 3.92. The quantitative estimate of drug-likeness (QED) is 0.847. The minimum atomic E-state index is -0.107. The second-order valence-corrected chi connectivity index (χ2v) is 7.07. The molecular weight excluding hydrogens is 282 g/mol. The fourth-order valence-corrected chi connectivity index (χ4v) is 4.18. The Hall–Kier alpha value is -1.75. The zero-order valence-corrected chi connectivity index (χ0v) is 13.5. The Morgan fingerprint density at radius 3 is 2.71 bits per heavy atom. The van der Waals surface area contributed by atoms with Gasteiger partial charge in [-0.1, -0.05) is 23.8 Å². The lowest BCUT2D eigenvalue weighted by atomic mass is 9.98. The van der Waals surface area contributed by atoms with Gasteiger partial charge >= 0.3 is 0 Å². The molecule has 3 rings (SSSR count). The molecule has 5 heteroatoms. The summed E-state index contributed by atoms with van der Waals surface area (Å²) in [5.74, 6) is 0.680. The Labute approximate surface area is 128 Å². The lowest BCUT2D eigenvalue weighted by Crippen LogP contribution is -2.21. The Morgan fingerprint density at radius 1 is 1.24 bits per heavy atom. The first-order valence-electron chi connectivity index (χ1n) is 7.05.